The Morgan fingerprint density at radius 1 is 1.23 bits per heavy atom. The Morgan fingerprint density at radius 2 is 1.91 bits per heavy atom. The quantitative estimate of drug-likeness (QED) is 0.513. The first-order valence-electron chi connectivity index (χ1n) is 5.79. The van der Waals surface area contributed by atoms with Gasteiger partial charge in [0.1, 0.15) is 11.4 Å². The molecule has 0 fully saturated rings. The second kappa shape index (κ2) is 5.94. The highest BCUT2D eigenvalue weighted by Gasteiger charge is 2.23. The molecule has 2 rings (SSSR count). The molecule has 0 aliphatic rings. The average Bonchev–Trinajstić information content (AvgIpc) is 2.45. The number of hydrogen-bond donors (Lipinski definition) is 2. The smallest absolute Gasteiger partial charge is 0.285 e. The number of nitrogens with one attached hydrogen (secondary N) is 1. The first-order valence-corrected chi connectivity index (χ1v) is 6.17. The van der Waals surface area contributed by atoms with Gasteiger partial charge < -0.3 is 11.1 Å². The van der Waals surface area contributed by atoms with Crippen molar-refractivity contribution in [1.82, 2.24) is 0 Å². The van der Waals surface area contributed by atoms with E-state index in [0.717, 1.165) is 18.2 Å². The van der Waals surface area contributed by atoms with Crippen LogP contribution in [0.5, 0.6) is 0 Å². The summed E-state index contributed by atoms with van der Waals surface area (Å²) >= 11 is 5.57. The van der Waals surface area contributed by atoms with Crippen LogP contribution >= 0.6 is 11.6 Å². The molecule has 0 aromatic heterocycles. The number of benzene rings is 2. The van der Waals surface area contributed by atoms with Gasteiger partial charge in [-0.3, -0.25) is 14.9 Å². The third-order valence-corrected chi connectivity index (χ3v) is 3.02. The minimum atomic E-state index is -1.01. The van der Waals surface area contributed by atoms with E-state index < -0.39 is 39.4 Å². The lowest BCUT2D eigenvalue weighted by molar-refractivity contribution is -0.385. The monoisotopic (exact) mass is 327 g/mol. The summed E-state index contributed by atoms with van der Waals surface area (Å²) in [7, 11) is 0. The second-order valence-corrected chi connectivity index (χ2v) is 4.64. The van der Waals surface area contributed by atoms with Gasteiger partial charge in [0.2, 0.25) is 0 Å². The average molecular weight is 328 g/mol. The van der Waals surface area contributed by atoms with Gasteiger partial charge in [0, 0.05) is 5.69 Å². The van der Waals surface area contributed by atoms with Gasteiger partial charge in [-0.05, 0) is 24.3 Å². The van der Waals surface area contributed by atoms with Gasteiger partial charge in [0.15, 0.2) is 5.82 Å². The summed E-state index contributed by atoms with van der Waals surface area (Å²) in [5.74, 6) is -2.59. The molecule has 0 radical (unpaired) electrons. The molecule has 0 unspecified atom stereocenters. The van der Waals surface area contributed by atoms with Crippen LogP contribution in [-0.4, -0.2) is 10.8 Å². The number of halogens is 3. The van der Waals surface area contributed by atoms with E-state index >= 15 is 0 Å². The predicted octanol–water partition coefficient (Wildman–Crippen LogP) is 3.36. The molecular weight excluding hydrogens is 320 g/mol. The summed E-state index contributed by atoms with van der Waals surface area (Å²) in [6.45, 7) is 0. The minimum absolute atomic E-state index is 0.119. The highest BCUT2D eigenvalue weighted by Crippen LogP contribution is 2.26. The molecule has 0 bridgehead atoms. The molecule has 9 heteroatoms. The van der Waals surface area contributed by atoms with Crippen molar-refractivity contribution >= 4 is 34.6 Å². The number of nitrogens with zero attached hydrogens (tertiary/aromatic N) is 1. The van der Waals surface area contributed by atoms with Crippen molar-refractivity contribution in [3.05, 3.63) is 62.7 Å². The lowest BCUT2D eigenvalue weighted by Crippen LogP contribution is -2.15. The Kier molecular flexibility index (Phi) is 4.22. The third kappa shape index (κ3) is 3.12. The van der Waals surface area contributed by atoms with Crippen molar-refractivity contribution in [3.8, 4) is 0 Å². The van der Waals surface area contributed by atoms with Crippen LogP contribution in [0, 0.1) is 21.7 Å². The van der Waals surface area contributed by atoms with Gasteiger partial charge in [-0.2, -0.15) is 0 Å². The van der Waals surface area contributed by atoms with Crippen LogP contribution < -0.4 is 11.1 Å². The Balaban J connectivity index is 2.38. The molecule has 0 saturated carbocycles. The van der Waals surface area contributed by atoms with E-state index in [-0.39, 0.29) is 10.7 Å². The summed E-state index contributed by atoms with van der Waals surface area (Å²) in [5, 5.41) is 13.0. The fourth-order valence-electron chi connectivity index (χ4n) is 1.68. The van der Waals surface area contributed by atoms with Crippen LogP contribution in [0.2, 0.25) is 5.02 Å². The number of nitro benzene ring substituents is 1. The van der Waals surface area contributed by atoms with Crippen molar-refractivity contribution in [2.75, 3.05) is 11.1 Å². The zero-order valence-electron chi connectivity index (χ0n) is 10.8. The fourth-order valence-corrected chi connectivity index (χ4v) is 1.87. The second-order valence-electron chi connectivity index (χ2n) is 4.23. The van der Waals surface area contributed by atoms with Gasteiger partial charge in [-0.1, -0.05) is 11.6 Å². The van der Waals surface area contributed by atoms with E-state index in [1.165, 1.54) is 6.07 Å². The van der Waals surface area contributed by atoms with E-state index in [0.29, 0.717) is 6.07 Å². The molecule has 3 N–H and O–H groups in total. The van der Waals surface area contributed by atoms with Crippen molar-refractivity contribution in [3.63, 3.8) is 0 Å². The van der Waals surface area contributed by atoms with Crippen LogP contribution in [0.4, 0.5) is 25.8 Å². The lowest BCUT2D eigenvalue weighted by atomic mass is 10.1. The van der Waals surface area contributed by atoms with E-state index in [1.54, 1.807) is 0 Å². The summed E-state index contributed by atoms with van der Waals surface area (Å²) < 4.78 is 26.3. The van der Waals surface area contributed by atoms with E-state index in [2.05, 4.69) is 5.32 Å². The van der Waals surface area contributed by atoms with E-state index in [1.807, 2.05) is 0 Å². The SMILES string of the molecule is Nc1cc(C(=O)Nc2ccc(F)c(Cl)c2)c([N+](=O)[O-])cc1F. The fraction of sp³-hybridized carbons (Fsp3) is 0. The number of rotatable bonds is 3. The maximum absolute atomic E-state index is 13.3. The van der Waals surface area contributed by atoms with Crippen molar-refractivity contribution in [2.45, 2.75) is 0 Å². The zero-order chi connectivity index (χ0) is 16.4. The minimum Gasteiger partial charge on any atom is -0.396 e. The maximum Gasteiger partial charge on any atom is 0.285 e. The number of anilines is 2. The Morgan fingerprint density at radius 3 is 2.50 bits per heavy atom. The molecule has 0 atom stereocenters. The van der Waals surface area contributed by atoms with E-state index in [4.69, 9.17) is 17.3 Å². The topological polar surface area (TPSA) is 98.3 Å². The molecule has 2 aromatic carbocycles. The van der Waals surface area contributed by atoms with Crippen molar-refractivity contribution in [2.24, 2.45) is 0 Å². The number of nitrogen functional groups attached to an aromatic ring is 1. The summed E-state index contributed by atoms with van der Waals surface area (Å²) in [4.78, 5) is 22.0. The molecule has 0 aliphatic heterocycles. The Bertz CT molecular complexity index is 783. The molecule has 22 heavy (non-hydrogen) atoms. The molecule has 2 aromatic rings. The van der Waals surface area contributed by atoms with Gasteiger partial charge in [0.05, 0.1) is 21.7 Å². The van der Waals surface area contributed by atoms with Crippen LogP contribution in [-0.2, 0) is 0 Å². The number of amides is 1. The number of carbonyl (C=O) groups excluding carboxylic acids is 1. The highest BCUT2D eigenvalue weighted by atomic mass is 35.5. The Hall–Kier alpha value is -2.74. The number of nitro groups is 1. The normalized spacial score (nSPS) is 10.3. The zero-order valence-corrected chi connectivity index (χ0v) is 11.5. The van der Waals surface area contributed by atoms with Crippen LogP contribution in [0.25, 0.3) is 0 Å². The molecule has 0 heterocycles. The molecule has 0 aliphatic carbocycles. The summed E-state index contributed by atoms with van der Waals surface area (Å²) in [6, 6.07) is 4.78. The lowest BCUT2D eigenvalue weighted by Gasteiger charge is -2.08. The maximum atomic E-state index is 13.3. The molecular formula is C13H8ClF2N3O3. The van der Waals surface area contributed by atoms with Crippen LogP contribution in [0.15, 0.2) is 30.3 Å². The molecule has 1 amide bonds. The summed E-state index contributed by atoms with van der Waals surface area (Å²) in [6.07, 6.45) is 0. The van der Waals surface area contributed by atoms with Gasteiger partial charge in [-0.15, -0.1) is 0 Å². The molecule has 6 nitrogen and oxygen atoms in total. The van der Waals surface area contributed by atoms with Gasteiger partial charge in [0.25, 0.3) is 11.6 Å². The predicted molar refractivity (Wildman–Crippen MR) is 76.8 cm³/mol. The summed E-state index contributed by atoms with van der Waals surface area (Å²) in [5.41, 5.74) is 3.86. The Labute approximate surface area is 127 Å². The number of carbonyl (C=O) groups is 1. The highest BCUT2D eigenvalue weighted by molar-refractivity contribution is 6.31. The van der Waals surface area contributed by atoms with Crippen molar-refractivity contribution < 1.29 is 18.5 Å². The standard InChI is InChI=1S/C13H8ClF2N3O3/c14-8-3-6(1-2-9(8)15)18-13(20)7-4-11(17)10(16)5-12(7)19(21)22/h1-5H,17H2,(H,18,20). The number of nitrogens with two attached hydrogens (primary N) is 1. The first kappa shape index (κ1) is 15.6. The molecule has 114 valence electrons. The number of hydrogen-bond acceptors (Lipinski definition) is 4. The van der Waals surface area contributed by atoms with Crippen molar-refractivity contribution in [1.29, 1.82) is 0 Å². The van der Waals surface area contributed by atoms with E-state index in [9.17, 15) is 23.7 Å². The largest absolute Gasteiger partial charge is 0.396 e. The third-order valence-electron chi connectivity index (χ3n) is 2.73. The molecule has 0 saturated heterocycles. The first-order chi connectivity index (χ1) is 10.3. The van der Waals surface area contributed by atoms with Gasteiger partial charge in [-0.25, -0.2) is 8.78 Å². The van der Waals surface area contributed by atoms with Gasteiger partial charge >= 0.3 is 0 Å². The van der Waals surface area contributed by atoms with Crippen LogP contribution in [0.1, 0.15) is 10.4 Å². The van der Waals surface area contributed by atoms with Crippen LogP contribution in [0.3, 0.4) is 0 Å². The molecule has 0 spiro atoms.